The van der Waals surface area contributed by atoms with Gasteiger partial charge in [0.1, 0.15) is 6.33 Å². The zero-order chi connectivity index (χ0) is 16.8. The first-order valence-corrected chi connectivity index (χ1v) is 8.64. The van der Waals surface area contributed by atoms with Crippen LogP contribution in [0.3, 0.4) is 0 Å². The quantitative estimate of drug-likeness (QED) is 0.674. The maximum absolute atomic E-state index is 12.3. The monoisotopic (exact) mass is 338 g/mol. The number of hydrogen-bond donors (Lipinski definition) is 2. The number of nitrogens with one attached hydrogen (secondary N) is 2. The van der Waals surface area contributed by atoms with Gasteiger partial charge in [-0.05, 0) is 30.2 Å². The smallest absolute Gasteiger partial charge is 0.251 e. The average molecular weight is 338 g/mol. The number of aromatic amines is 1. The van der Waals surface area contributed by atoms with Crippen LogP contribution in [0.15, 0.2) is 66.1 Å². The number of thioether (sulfide) groups is 1. The summed E-state index contributed by atoms with van der Waals surface area (Å²) in [6, 6.07) is 17.5. The predicted octanol–water partition coefficient (Wildman–Crippen LogP) is 3.59. The molecule has 1 aromatic heterocycles. The molecule has 6 heteroatoms. The molecule has 2 N–H and O–H groups in total. The van der Waals surface area contributed by atoms with E-state index >= 15 is 0 Å². The fraction of sp³-hybridized carbons (Fsp3) is 0.167. The van der Waals surface area contributed by atoms with E-state index in [1.807, 2.05) is 61.5 Å². The first kappa shape index (κ1) is 16.3. The van der Waals surface area contributed by atoms with Crippen LogP contribution in [-0.2, 0) is 5.75 Å². The van der Waals surface area contributed by atoms with Crippen LogP contribution in [0.4, 0.5) is 0 Å². The summed E-state index contributed by atoms with van der Waals surface area (Å²) in [4.78, 5) is 16.4. The van der Waals surface area contributed by atoms with E-state index < -0.39 is 0 Å². The molecule has 0 aliphatic carbocycles. The number of nitrogens with zero attached hydrogens (tertiary/aromatic N) is 2. The van der Waals surface area contributed by atoms with Crippen molar-refractivity contribution in [3.8, 4) is 0 Å². The van der Waals surface area contributed by atoms with Crippen LogP contribution in [0.25, 0.3) is 0 Å². The lowest BCUT2D eigenvalue weighted by molar-refractivity contribution is 0.0940. The number of carbonyl (C=O) groups excluding carboxylic acids is 1. The van der Waals surface area contributed by atoms with Gasteiger partial charge in [0.2, 0.25) is 0 Å². The Morgan fingerprint density at radius 3 is 2.58 bits per heavy atom. The molecule has 2 aromatic carbocycles. The van der Waals surface area contributed by atoms with Crippen LogP contribution < -0.4 is 5.32 Å². The summed E-state index contributed by atoms with van der Waals surface area (Å²) in [6.45, 7) is 1.98. The molecular formula is C18H18N4OS. The predicted molar refractivity (Wildman–Crippen MR) is 94.7 cm³/mol. The highest BCUT2D eigenvalue weighted by Crippen LogP contribution is 2.19. The second-order valence-corrected chi connectivity index (χ2v) is 6.35. The largest absolute Gasteiger partial charge is 0.346 e. The van der Waals surface area contributed by atoms with Gasteiger partial charge in [-0.1, -0.05) is 54.2 Å². The van der Waals surface area contributed by atoms with E-state index in [4.69, 9.17) is 0 Å². The molecule has 5 nitrogen and oxygen atoms in total. The van der Waals surface area contributed by atoms with Crippen molar-refractivity contribution < 1.29 is 4.79 Å². The Balaban J connectivity index is 1.57. The molecule has 0 spiro atoms. The summed E-state index contributed by atoms with van der Waals surface area (Å²) in [7, 11) is 0. The van der Waals surface area contributed by atoms with Gasteiger partial charge in [0.15, 0.2) is 5.16 Å². The molecule has 0 aliphatic rings. The van der Waals surface area contributed by atoms with Crippen LogP contribution in [-0.4, -0.2) is 21.1 Å². The van der Waals surface area contributed by atoms with Gasteiger partial charge >= 0.3 is 0 Å². The third kappa shape index (κ3) is 4.23. The highest BCUT2D eigenvalue weighted by molar-refractivity contribution is 7.98. The molecule has 3 aromatic rings. The minimum Gasteiger partial charge on any atom is -0.346 e. The lowest BCUT2D eigenvalue weighted by atomic mass is 10.1. The minimum absolute atomic E-state index is 0.0274. The molecule has 0 saturated heterocycles. The number of aromatic nitrogens is 3. The summed E-state index contributed by atoms with van der Waals surface area (Å²) in [6.07, 6.45) is 1.49. The summed E-state index contributed by atoms with van der Waals surface area (Å²) in [5, 5.41) is 10.4. The van der Waals surface area contributed by atoms with Crippen molar-refractivity contribution in [1.29, 1.82) is 0 Å². The molecule has 0 bridgehead atoms. The number of benzene rings is 2. The number of carbonyl (C=O) groups is 1. The van der Waals surface area contributed by atoms with Gasteiger partial charge in [-0.2, -0.15) is 5.10 Å². The maximum atomic E-state index is 12.3. The number of rotatable bonds is 6. The molecule has 1 atom stereocenters. The van der Waals surface area contributed by atoms with Crippen molar-refractivity contribution in [2.45, 2.75) is 23.9 Å². The second kappa shape index (κ2) is 7.79. The van der Waals surface area contributed by atoms with Crippen LogP contribution in [0.2, 0.25) is 0 Å². The molecule has 1 amide bonds. The molecule has 0 unspecified atom stereocenters. The van der Waals surface area contributed by atoms with Crippen LogP contribution in [0.5, 0.6) is 0 Å². The van der Waals surface area contributed by atoms with Gasteiger partial charge in [-0.3, -0.25) is 9.89 Å². The molecule has 0 fully saturated rings. The van der Waals surface area contributed by atoms with Crippen LogP contribution in [0, 0.1) is 0 Å². The third-order valence-corrected chi connectivity index (χ3v) is 4.58. The van der Waals surface area contributed by atoms with E-state index in [2.05, 4.69) is 20.5 Å². The summed E-state index contributed by atoms with van der Waals surface area (Å²) >= 11 is 1.57. The highest BCUT2D eigenvalue weighted by Gasteiger charge is 2.11. The van der Waals surface area contributed by atoms with Gasteiger partial charge in [-0.15, -0.1) is 0 Å². The maximum Gasteiger partial charge on any atom is 0.251 e. The van der Waals surface area contributed by atoms with Gasteiger partial charge in [0, 0.05) is 11.3 Å². The SMILES string of the molecule is C[C@@H](NC(=O)c1ccc(CSc2ncn[nH]2)cc1)c1ccccc1. The molecular weight excluding hydrogens is 320 g/mol. The summed E-state index contributed by atoms with van der Waals surface area (Å²) in [5.41, 5.74) is 2.88. The third-order valence-electron chi connectivity index (χ3n) is 3.63. The van der Waals surface area contributed by atoms with Gasteiger partial charge < -0.3 is 5.32 Å². The van der Waals surface area contributed by atoms with E-state index in [1.165, 1.54) is 6.33 Å². The molecule has 0 saturated carbocycles. The minimum atomic E-state index is -0.0687. The van der Waals surface area contributed by atoms with Crippen molar-refractivity contribution in [1.82, 2.24) is 20.5 Å². The highest BCUT2D eigenvalue weighted by atomic mass is 32.2. The van der Waals surface area contributed by atoms with E-state index in [-0.39, 0.29) is 11.9 Å². The van der Waals surface area contributed by atoms with Crippen molar-refractivity contribution in [2.24, 2.45) is 0 Å². The van der Waals surface area contributed by atoms with E-state index in [0.29, 0.717) is 5.56 Å². The zero-order valence-electron chi connectivity index (χ0n) is 13.3. The zero-order valence-corrected chi connectivity index (χ0v) is 14.1. The molecule has 0 radical (unpaired) electrons. The molecule has 0 aliphatic heterocycles. The van der Waals surface area contributed by atoms with Crippen molar-refractivity contribution in [2.75, 3.05) is 0 Å². The van der Waals surface area contributed by atoms with Gasteiger partial charge in [0.25, 0.3) is 5.91 Å². The van der Waals surface area contributed by atoms with Crippen molar-refractivity contribution in [3.05, 3.63) is 77.6 Å². The Hall–Kier alpha value is -2.60. The Kier molecular flexibility index (Phi) is 5.28. The topological polar surface area (TPSA) is 70.7 Å². The molecule has 1 heterocycles. The first-order valence-electron chi connectivity index (χ1n) is 7.65. The molecule has 24 heavy (non-hydrogen) atoms. The average Bonchev–Trinajstić information content (AvgIpc) is 3.14. The van der Waals surface area contributed by atoms with Crippen molar-refractivity contribution >= 4 is 17.7 Å². The van der Waals surface area contributed by atoms with Gasteiger partial charge in [0.05, 0.1) is 6.04 Å². The van der Waals surface area contributed by atoms with E-state index in [0.717, 1.165) is 22.0 Å². The fourth-order valence-corrected chi connectivity index (χ4v) is 3.01. The lowest BCUT2D eigenvalue weighted by Gasteiger charge is -2.14. The van der Waals surface area contributed by atoms with Crippen LogP contribution in [0.1, 0.15) is 34.5 Å². The second-order valence-electron chi connectivity index (χ2n) is 5.38. The Morgan fingerprint density at radius 1 is 1.17 bits per heavy atom. The van der Waals surface area contributed by atoms with E-state index in [1.54, 1.807) is 11.8 Å². The van der Waals surface area contributed by atoms with Gasteiger partial charge in [-0.25, -0.2) is 4.98 Å². The fourth-order valence-electron chi connectivity index (χ4n) is 2.27. The Bertz CT molecular complexity index is 773. The number of H-pyrrole nitrogens is 1. The summed E-state index contributed by atoms with van der Waals surface area (Å²) in [5.74, 6) is 0.707. The standard InChI is InChI=1S/C18H18N4OS/c1-13(15-5-3-2-4-6-15)21-17(23)16-9-7-14(8-10-16)11-24-18-19-12-20-22-18/h2-10,12-13H,11H2,1H3,(H,21,23)(H,19,20,22)/t13-/m1/s1. The van der Waals surface area contributed by atoms with E-state index in [9.17, 15) is 4.79 Å². The first-order chi connectivity index (χ1) is 11.7. The Labute approximate surface area is 144 Å². The number of amides is 1. The number of hydrogen-bond acceptors (Lipinski definition) is 4. The van der Waals surface area contributed by atoms with Crippen molar-refractivity contribution in [3.63, 3.8) is 0 Å². The molecule has 3 rings (SSSR count). The Morgan fingerprint density at radius 2 is 1.92 bits per heavy atom. The normalized spacial score (nSPS) is 11.9. The van der Waals surface area contributed by atoms with Crippen LogP contribution >= 0.6 is 11.8 Å². The molecule has 122 valence electrons. The lowest BCUT2D eigenvalue weighted by Crippen LogP contribution is -2.26. The summed E-state index contributed by atoms with van der Waals surface area (Å²) < 4.78 is 0.